The molecule has 5 rings (SSSR count). The average Bonchev–Trinajstić information content (AvgIpc) is 3.09. The first kappa shape index (κ1) is 10.5. The third-order valence-corrected chi connectivity index (χ3v) is 5.39. The maximum Gasteiger partial charge on any atom is 0.272 e. The quantitative estimate of drug-likeness (QED) is 0.408. The van der Waals surface area contributed by atoms with Gasteiger partial charge in [-0.3, -0.25) is 9.97 Å². The number of hydrogen-bond acceptors (Lipinski definition) is 3. The fourth-order valence-corrected chi connectivity index (χ4v) is 4.46. The van der Waals surface area contributed by atoms with Gasteiger partial charge < -0.3 is 4.57 Å². The van der Waals surface area contributed by atoms with Gasteiger partial charge in [0.25, 0.3) is 10.5 Å². The molecular weight excluding hydrogens is 268 g/mol. The molecule has 0 amide bonds. The normalized spacial score (nSPS) is 13.1. The predicted molar refractivity (Wildman–Crippen MR) is 78.6 cm³/mol. The third-order valence-electron chi connectivity index (χ3n) is 4.09. The van der Waals surface area contributed by atoms with E-state index in [-0.39, 0.29) is 0 Å². The van der Waals surface area contributed by atoms with Gasteiger partial charge in [0.1, 0.15) is 0 Å². The van der Waals surface area contributed by atoms with Crippen molar-refractivity contribution in [2.24, 2.45) is 7.05 Å². The zero-order valence-electron chi connectivity index (χ0n) is 10.9. The molecule has 0 saturated carbocycles. The molecule has 5 heteroatoms. The molecule has 0 aromatic carbocycles. The molecule has 20 heavy (non-hydrogen) atoms. The molecule has 1 aliphatic heterocycles. The van der Waals surface area contributed by atoms with Crippen molar-refractivity contribution >= 4 is 32.6 Å². The second-order valence-corrected chi connectivity index (χ2v) is 6.11. The van der Waals surface area contributed by atoms with E-state index in [0.717, 1.165) is 6.54 Å². The minimum Gasteiger partial charge on any atom is -0.329 e. The summed E-state index contributed by atoms with van der Waals surface area (Å²) < 4.78 is 4.66. The first-order valence-corrected chi connectivity index (χ1v) is 7.34. The molecule has 1 aliphatic rings. The van der Waals surface area contributed by atoms with E-state index < -0.39 is 0 Å². The van der Waals surface area contributed by atoms with Gasteiger partial charge in [0.15, 0.2) is 11.4 Å². The Morgan fingerprint density at radius 1 is 1.20 bits per heavy atom. The predicted octanol–water partition coefficient (Wildman–Crippen LogP) is 2.50. The van der Waals surface area contributed by atoms with E-state index in [0.29, 0.717) is 0 Å². The van der Waals surface area contributed by atoms with Gasteiger partial charge in [0, 0.05) is 31.2 Å². The van der Waals surface area contributed by atoms with Crippen LogP contribution in [-0.2, 0) is 13.6 Å². The van der Waals surface area contributed by atoms with Crippen molar-refractivity contribution in [3.8, 4) is 10.6 Å². The van der Waals surface area contributed by atoms with E-state index in [2.05, 4.69) is 38.3 Å². The van der Waals surface area contributed by atoms with Crippen LogP contribution in [0.3, 0.4) is 0 Å². The zero-order valence-corrected chi connectivity index (χ0v) is 11.7. The fourth-order valence-electron chi connectivity index (χ4n) is 3.15. The van der Waals surface area contributed by atoms with E-state index in [1.165, 1.54) is 37.4 Å². The topological polar surface area (TPSA) is 34.6 Å². The Morgan fingerprint density at radius 3 is 3.00 bits per heavy atom. The van der Waals surface area contributed by atoms with Crippen LogP contribution in [0.5, 0.6) is 0 Å². The molecule has 0 spiro atoms. The summed E-state index contributed by atoms with van der Waals surface area (Å²) in [5, 5.41) is 2.61. The highest BCUT2D eigenvalue weighted by Gasteiger charge is 2.34. The summed E-state index contributed by atoms with van der Waals surface area (Å²) in [5.74, 6) is 0. The van der Waals surface area contributed by atoms with E-state index in [1.54, 1.807) is 0 Å². The minimum atomic E-state index is 0.917. The molecule has 4 aromatic heterocycles. The minimum absolute atomic E-state index is 0.917. The molecule has 5 heterocycles. The molecule has 0 radical (unpaired) electrons. The maximum absolute atomic E-state index is 4.25. The summed E-state index contributed by atoms with van der Waals surface area (Å²) in [6, 6.07) is 4.23. The molecule has 0 bridgehead atoms. The highest BCUT2D eigenvalue weighted by molar-refractivity contribution is 7.21. The largest absolute Gasteiger partial charge is 0.329 e. The molecule has 0 atom stereocenters. The molecule has 0 N–H and O–H groups in total. The number of nitrogens with zero attached hydrogens (tertiary/aromatic N) is 4. The van der Waals surface area contributed by atoms with E-state index in [9.17, 15) is 0 Å². The lowest BCUT2D eigenvalue weighted by molar-refractivity contribution is -0.641. The molecule has 0 unspecified atom stereocenters. The van der Waals surface area contributed by atoms with Crippen molar-refractivity contribution in [2.75, 3.05) is 0 Å². The molecule has 0 fully saturated rings. The summed E-state index contributed by atoms with van der Waals surface area (Å²) >= 11 is 1.85. The fraction of sp³-hybridized carbons (Fsp3) is 0.133. The number of thiazole rings is 1. The second kappa shape index (κ2) is 3.43. The Bertz CT molecular complexity index is 996. The van der Waals surface area contributed by atoms with Crippen molar-refractivity contribution in [3.05, 3.63) is 42.5 Å². The molecule has 4 aromatic rings. The number of hydrogen-bond donors (Lipinski definition) is 0. The summed E-state index contributed by atoms with van der Waals surface area (Å²) in [5.41, 5.74) is 5.15. The van der Waals surface area contributed by atoms with E-state index in [1.807, 2.05) is 36.1 Å². The van der Waals surface area contributed by atoms with Gasteiger partial charge in [0.2, 0.25) is 0 Å². The van der Waals surface area contributed by atoms with Crippen LogP contribution in [0.4, 0.5) is 0 Å². The van der Waals surface area contributed by atoms with Crippen LogP contribution in [0.25, 0.3) is 31.8 Å². The lowest BCUT2D eigenvalue weighted by Gasteiger charge is -1.93. The van der Waals surface area contributed by atoms with Gasteiger partial charge in [-0.2, -0.15) is 4.57 Å². The Kier molecular flexibility index (Phi) is 1.80. The zero-order chi connectivity index (χ0) is 13.3. The highest BCUT2D eigenvalue weighted by atomic mass is 32.1. The van der Waals surface area contributed by atoms with Gasteiger partial charge in [0.05, 0.1) is 22.7 Å². The van der Waals surface area contributed by atoms with E-state index in [4.69, 9.17) is 0 Å². The van der Waals surface area contributed by atoms with Crippen molar-refractivity contribution in [1.29, 1.82) is 0 Å². The summed E-state index contributed by atoms with van der Waals surface area (Å²) in [7, 11) is 2.12. The lowest BCUT2D eigenvalue weighted by Crippen LogP contribution is -2.30. The van der Waals surface area contributed by atoms with Crippen LogP contribution in [0.2, 0.25) is 0 Å². The van der Waals surface area contributed by atoms with Gasteiger partial charge in [-0.1, -0.05) is 0 Å². The molecule has 0 aliphatic carbocycles. The van der Waals surface area contributed by atoms with Gasteiger partial charge in [-0.05, 0) is 23.5 Å². The Morgan fingerprint density at radius 2 is 2.05 bits per heavy atom. The lowest BCUT2D eigenvalue weighted by atomic mass is 10.2. The Balaban J connectivity index is 1.97. The second-order valence-electron chi connectivity index (χ2n) is 5.13. The van der Waals surface area contributed by atoms with Crippen molar-refractivity contribution < 1.29 is 4.57 Å². The number of fused-ring (bicyclic) bond motifs is 7. The smallest absolute Gasteiger partial charge is 0.272 e. The SMILES string of the molecule is Cn1c2cnccc2c2c1sc1[n+]2Cc2cnccc2-1. The van der Waals surface area contributed by atoms with Crippen LogP contribution in [-0.4, -0.2) is 14.5 Å². The monoisotopic (exact) mass is 279 g/mol. The molecule has 0 saturated heterocycles. The maximum atomic E-state index is 4.25. The van der Waals surface area contributed by atoms with Crippen LogP contribution in [0.15, 0.2) is 36.9 Å². The molecular formula is C15H11N4S+. The first-order valence-electron chi connectivity index (χ1n) is 6.52. The van der Waals surface area contributed by atoms with Crippen LogP contribution >= 0.6 is 11.3 Å². The van der Waals surface area contributed by atoms with E-state index >= 15 is 0 Å². The van der Waals surface area contributed by atoms with Crippen molar-refractivity contribution in [3.63, 3.8) is 0 Å². The average molecular weight is 279 g/mol. The summed E-state index contributed by atoms with van der Waals surface area (Å²) in [4.78, 5) is 9.80. The standard InChI is InChI=1S/C15H11N4S/c1-18-12-7-17-5-3-11(12)13-15(18)20-14-10-2-4-16-6-9(10)8-19(13)14/h2-7H,8H2,1H3/q+1. The number of aryl methyl sites for hydroxylation is 1. The summed E-state index contributed by atoms with van der Waals surface area (Å²) in [6.45, 7) is 0.917. The molecule has 4 nitrogen and oxygen atoms in total. The van der Waals surface area contributed by atoms with Gasteiger partial charge in [-0.15, -0.1) is 0 Å². The number of rotatable bonds is 0. The van der Waals surface area contributed by atoms with Crippen LogP contribution in [0, 0.1) is 0 Å². The molecule has 96 valence electrons. The van der Waals surface area contributed by atoms with Gasteiger partial charge in [-0.25, -0.2) is 0 Å². The highest BCUT2D eigenvalue weighted by Crippen LogP contribution is 2.38. The van der Waals surface area contributed by atoms with Crippen LogP contribution in [0.1, 0.15) is 5.56 Å². The Hall–Kier alpha value is -2.27. The van der Waals surface area contributed by atoms with Crippen molar-refractivity contribution in [1.82, 2.24) is 14.5 Å². The van der Waals surface area contributed by atoms with Crippen LogP contribution < -0.4 is 4.57 Å². The van der Waals surface area contributed by atoms with Gasteiger partial charge >= 0.3 is 0 Å². The third kappa shape index (κ3) is 1.10. The first-order chi connectivity index (χ1) is 9.84. The Labute approximate surface area is 119 Å². The number of pyridine rings is 2. The van der Waals surface area contributed by atoms with Crippen molar-refractivity contribution in [2.45, 2.75) is 6.54 Å². The number of aromatic nitrogens is 4. The summed E-state index contributed by atoms with van der Waals surface area (Å²) in [6.07, 6.45) is 7.67.